The van der Waals surface area contributed by atoms with Crippen molar-refractivity contribution in [3.63, 3.8) is 0 Å². The number of hydrazone groups is 1. The minimum Gasteiger partial charge on any atom is -0.508 e. The quantitative estimate of drug-likeness (QED) is 0.0113. The molecule has 0 fully saturated rings. The highest BCUT2D eigenvalue weighted by Gasteiger charge is 2.28. The Labute approximate surface area is 279 Å². The second-order valence-electron chi connectivity index (χ2n) is 9.61. The molecule has 0 heterocycles. The van der Waals surface area contributed by atoms with Crippen LogP contribution in [0.3, 0.4) is 0 Å². The zero-order chi connectivity index (χ0) is 35.1. The average Bonchev–Trinajstić information content (AvgIpc) is 3.08. The molecule has 0 radical (unpaired) electrons. The van der Waals surface area contributed by atoms with E-state index in [2.05, 4.69) is 25.5 Å². The molecule has 0 saturated heterocycles. The maximum Gasteiger partial charge on any atom is 0.313 e. The van der Waals surface area contributed by atoms with Gasteiger partial charge in [-0.1, -0.05) is 0 Å². The Hall–Kier alpha value is -3.97. The van der Waals surface area contributed by atoms with Gasteiger partial charge in [0, 0.05) is 18.4 Å². The van der Waals surface area contributed by atoms with Gasteiger partial charge in [0.25, 0.3) is 0 Å². The summed E-state index contributed by atoms with van der Waals surface area (Å²) in [5.41, 5.74) is 1.44. The molecule has 0 bridgehead atoms. The number of thiocarbonyl (C=S) groups is 1. The second-order valence-corrected chi connectivity index (χ2v) is 10.0. The average molecular weight is 708 g/mol. The molecule has 0 amide bonds. The fourth-order valence-electron chi connectivity index (χ4n) is 3.56. The Morgan fingerprint density at radius 3 is 1.92 bits per heavy atom. The summed E-state index contributed by atoms with van der Waals surface area (Å²) in [6, 6.07) is 6.59. The molecule has 0 aliphatic heterocycles. The Morgan fingerprint density at radius 2 is 1.33 bits per heavy atom. The number of nitrogens with zero attached hydrogens (tertiary/aromatic N) is 2. The molecule has 0 spiro atoms. The fraction of sp³-hybridized carbons (Fsp3) is 0.467. The van der Waals surface area contributed by atoms with Crippen LogP contribution in [-0.2, 0) is 23.7 Å². The zero-order valence-electron chi connectivity index (χ0n) is 26.0. The molecule has 2 aromatic carbocycles. The number of rotatable bonds is 23. The van der Waals surface area contributed by atoms with Gasteiger partial charge in [0.1, 0.15) is 5.75 Å². The lowest BCUT2D eigenvalue weighted by atomic mass is 10.2. The van der Waals surface area contributed by atoms with Gasteiger partial charge in [0.2, 0.25) is 34.8 Å². The number of aromatic hydroxyl groups is 1. The van der Waals surface area contributed by atoms with Crippen molar-refractivity contribution >= 4 is 40.9 Å². The third-order valence-electron chi connectivity index (χ3n) is 5.99. The van der Waals surface area contributed by atoms with E-state index in [4.69, 9.17) is 37.0 Å². The molecule has 0 atom stereocenters. The van der Waals surface area contributed by atoms with Crippen LogP contribution >= 0.6 is 12.2 Å². The van der Waals surface area contributed by atoms with Crippen molar-refractivity contribution in [1.82, 2.24) is 5.32 Å². The van der Waals surface area contributed by atoms with Crippen molar-refractivity contribution in [3.05, 3.63) is 53.4 Å². The predicted octanol–water partition coefficient (Wildman–Crippen LogP) is 3.99. The van der Waals surface area contributed by atoms with E-state index in [9.17, 15) is 31.9 Å². The number of anilines is 1. The highest BCUT2D eigenvalue weighted by atomic mass is 32.1. The minimum absolute atomic E-state index is 0.0720. The molecule has 12 nitrogen and oxygen atoms in total. The number of carbonyl (C=O) groups excluding carboxylic acids is 1. The summed E-state index contributed by atoms with van der Waals surface area (Å²) >= 11 is 5.25. The number of carbonyl (C=O) groups is 1. The topological polar surface area (TPSA) is 158 Å². The molecule has 48 heavy (non-hydrogen) atoms. The number of phenols is 1. The summed E-state index contributed by atoms with van der Waals surface area (Å²) in [5.74, 6) is -8.54. The summed E-state index contributed by atoms with van der Waals surface area (Å²) in [7, 11) is 0. The van der Waals surface area contributed by atoms with Gasteiger partial charge in [0.05, 0.1) is 71.5 Å². The van der Waals surface area contributed by atoms with Crippen LogP contribution in [-0.4, -0.2) is 94.1 Å². The van der Waals surface area contributed by atoms with Gasteiger partial charge in [0.15, 0.2) is 5.11 Å². The molecule has 2 aromatic rings. The van der Waals surface area contributed by atoms with Crippen LogP contribution in [0.5, 0.6) is 11.5 Å². The molecule has 18 heteroatoms. The Kier molecular flexibility index (Phi) is 19.6. The third-order valence-corrected chi connectivity index (χ3v) is 6.24. The number of hydrogen-bond donors (Lipinski definition) is 4. The first kappa shape index (κ1) is 40.2. The molecule has 0 aromatic heterocycles. The van der Waals surface area contributed by atoms with E-state index in [0.29, 0.717) is 56.8 Å². The molecule has 0 unspecified atom stereocenters. The summed E-state index contributed by atoms with van der Waals surface area (Å²) in [5, 5.41) is 19.7. The van der Waals surface area contributed by atoms with Gasteiger partial charge in [-0.15, -0.1) is 0 Å². The number of nitrogens with one attached hydrogen (secondary N) is 2. The molecule has 2 rings (SSSR count). The van der Waals surface area contributed by atoms with E-state index >= 15 is 0 Å². The normalized spacial score (nSPS) is 11.6. The SMILES string of the molecule is N/N=C(\C=NCCOCCOCCOCCOCCC(=O)Oc1c(F)c(F)c(F)c(F)c1F)CCCCNC(=S)Nc1ccc(O)cc1. The van der Waals surface area contributed by atoms with Gasteiger partial charge < -0.3 is 45.3 Å². The monoisotopic (exact) mass is 707 g/mol. The van der Waals surface area contributed by atoms with Crippen molar-refractivity contribution in [3.8, 4) is 11.5 Å². The number of nitrogens with two attached hydrogens (primary N) is 1. The third kappa shape index (κ3) is 15.7. The maximum atomic E-state index is 13.5. The molecular formula is C30H38F5N5O7S. The van der Waals surface area contributed by atoms with E-state index < -0.39 is 47.2 Å². The molecule has 0 aliphatic carbocycles. The van der Waals surface area contributed by atoms with E-state index in [0.717, 1.165) is 18.5 Å². The molecule has 5 N–H and O–H groups in total. The molecule has 0 saturated carbocycles. The van der Waals surface area contributed by atoms with Crippen LogP contribution in [0.25, 0.3) is 0 Å². The Morgan fingerprint density at radius 1 is 0.792 bits per heavy atom. The van der Waals surface area contributed by atoms with Crippen LogP contribution < -0.4 is 21.2 Å². The highest BCUT2D eigenvalue weighted by molar-refractivity contribution is 7.80. The van der Waals surface area contributed by atoms with Gasteiger partial charge in [-0.2, -0.15) is 13.9 Å². The second kappa shape index (κ2) is 23.4. The molecular weight excluding hydrogens is 669 g/mol. The van der Waals surface area contributed by atoms with E-state index in [1.807, 2.05) is 0 Å². The lowest BCUT2D eigenvalue weighted by Gasteiger charge is -2.10. The number of esters is 1. The standard InChI is InChI=1S/C30H38F5N5O7S/c31-24-25(32)27(34)29(28(35)26(24)33)47-23(42)8-11-43-13-15-45-17-18-46-16-14-44-12-10-37-19-21(40-36)3-1-2-9-38-30(48)39-20-4-6-22(41)7-5-20/h4-7,19,41H,1-3,8-18,36H2,(H2,38,39,48)/b37-19?,40-21-. The van der Waals surface area contributed by atoms with Crippen LogP contribution in [0.2, 0.25) is 0 Å². The van der Waals surface area contributed by atoms with Crippen LogP contribution in [0.1, 0.15) is 25.7 Å². The van der Waals surface area contributed by atoms with E-state index in [-0.39, 0.29) is 32.2 Å². The van der Waals surface area contributed by atoms with Crippen molar-refractivity contribution in [2.45, 2.75) is 25.7 Å². The first-order chi connectivity index (χ1) is 23.1. The van der Waals surface area contributed by atoms with Crippen molar-refractivity contribution < 1.29 is 55.5 Å². The van der Waals surface area contributed by atoms with Crippen LogP contribution in [0, 0.1) is 29.1 Å². The summed E-state index contributed by atoms with van der Waals surface area (Å²) in [4.78, 5) is 15.9. The van der Waals surface area contributed by atoms with E-state index in [1.165, 1.54) is 0 Å². The van der Waals surface area contributed by atoms with Gasteiger partial charge in [-0.3, -0.25) is 9.79 Å². The van der Waals surface area contributed by atoms with Crippen LogP contribution in [0.4, 0.5) is 27.6 Å². The van der Waals surface area contributed by atoms with Crippen molar-refractivity contribution in [1.29, 1.82) is 0 Å². The number of unbranched alkanes of at least 4 members (excludes halogenated alkanes) is 1. The lowest BCUT2D eigenvalue weighted by Crippen LogP contribution is -2.29. The van der Waals surface area contributed by atoms with Gasteiger partial charge in [-0.05, 0) is 55.7 Å². The van der Waals surface area contributed by atoms with Gasteiger partial charge >= 0.3 is 5.97 Å². The molecule has 266 valence electrons. The summed E-state index contributed by atoms with van der Waals surface area (Å²) < 4.78 is 91.9. The number of halogens is 5. The van der Waals surface area contributed by atoms with Crippen LogP contribution in [0.15, 0.2) is 34.4 Å². The Balaban J connectivity index is 1.38. The smallest absolute Gasteiger partial charge is 0.313 e. The number of hydrogen-bond acceptors (Lipinski definition) is 11. The number of phenolic OH excluding ortho intramolecular Hbond substituents is 1. The van der Waals surface area contributed by atoms with Crippen molar-refractivity contribution in [2.24, 2.45) is 15.9 Å². The van der Waals surface area contributed by atoms with Crippen molar-refractivity contribution in [2.75, 3.05) is 71.3 Å². The summed E-state index contributed by atoms with van der Waals surface area (Å²) in [6.45, 7) is 2.73. The molecule has 0 aliphatic rings. The first-order valence-electron chi connectivity index (χ1n) is 14.8. The fourth-order valence-corrected chi connectivity index (χ4v) is 3.78. The number of benzene rings is 2. The maximum absolute atomic E-state index is 13.5. The number of aliphatic imine (C=N–C) groups is 1. The highest BCUT2D eigenvalue weighted by Crippen LogP contribution is 2.29. The lowest BCUT2D eigenvalue weighted by molar-refractivity contribution is -0.136. The summed E-state index contributed by atoms with van der Waals surface area (Å²) in [6.07, 6.45) is 3.46. The Bertz CT molecular complexity index is 1330. The van der Waals surface area contributed by atoms with E-state index in [1.54, 1.807) is 30.5 Å². The minimum atomic E-state index is -2.35. The zero-order valence-corrected chi connectivity index (χ0v) is 26.8. The van der Waals surface area contributed by atoms with Gasteiger partial charge in [-0.25, -0.2) is 13.2 Å². The number of ether oxygens (including phenoxy) is 5. The first-order valence-corrected chi connectivity index (χ1v) is 15.2. The largest absolute Gasteiger partial charge is 0.508 e. The predicted molar refractivity (Wildman–Crippen MR) is 171 cm³/mol.